The van der Waals surface area contributed by atoms with Crippen LogP contribution in [-0.4, -0.2) is 12.0 Å². The molecule has 1 aromatic rings. The van der Waals surface area contributed by atoms with Crippen molar-refractivity contribution >= 4 is 11.6 Å². The first-order valence-electron chi connectivity index (χ1n) is 6.08. The highest BCUT2D eigenvalue weighted by molar-refractivity contribution is 6.20. The lowest BCUT2D eigenvalue weighted by Crippen LogP contribution is -2.18. The maximum Gasteiger partial charge on any atom is 0.126 e. The monoisotopic (exact) mass is 236 g/mol. The number of fused-ring (bicyclic) bond motifs is 1. The van der Waals surface area contributed by atoms with Crippen LogP contribution in [0, 0.1) is 0 Å². The Kier molecular flexibility index (Phi) is 2.39. The summed E-state index contributed by atoms with van der Waals surface area (Å²) in [7, 11) is 0. The molecule has 0 amide bonds. The van der Waals surface area contributed by atoms with Gasteiger partial charge in [0.15, 0.2) is 0 Å². The Morgan fingerprint density at radius 2 is 2.31 bits per heavy atom. The number of benzene rings is 1. The minimum absolute atomic E-state index is 0.224. The summed E-state index contributed by atoms with van der Waals surface area (Å²) < 4.78 is 5.80. The summed E-state index contributed by atoms with van der Waals surface area (Å²) in [6, 6.07) is 6.57. The molecule has 0 radical (unpaired) electrons. The van der Waals surface area contributed by atoms with Gasteiger partial charge in [0, 0.05) is 17.4 Å². The van der Waals surface area contributed by atoms with Crippen molar-refractivity contribution in [3.8, 4) is 5.75 Å². The van der Waals surface area contributed by atoms with E-state index in [1.54, 1.807) is 0 Å². The maximum atomic E-state index is 6.26. The molecule has 2 aliphatic rings. The molecule has 0 saturated heterocycles. The van der Waals surface area contributed by atoms with Crippen molar-refractivity contribution in [2.45, 2.75) is 43.4 Å². The van der Waals surface area contributed by atoms with E-state index in [9.17, 15) is 0 Å². The minimum atomic E-state index is 0.224. The Labute approximate surface area is 102 Å². The second kappa shape index (κ2) is 3.66. The van der Waals surface area contributed by atoms with E-state index < -0.39 is 0 Å². The summed E-state index contributed by atoms with van der Waals surface area (Å²) in [6.07, 6.45) is 4.45. The first-order chi connectivity index (χ1) is 7.69. The molecule has 0 bridgehead atoms. The second-order valence-electron chi connectivity index (χ2n) is 5.29. The highest BCUT2D eigenvalue weighted by Gasteiger charge is 2.38. The van der Waals surface area contributed by atoms with Crippen LogP contribution in [0.2, 0.25) is 0 Å². The van der Waals surface area contributed by atoms with Gasteiger partial charge in [-0.15, -0.1) is 11.6 Å². The van der Waals surface area contributed by atoms with Crippen LogP contribution < -0.4 is 4.74 Å². The van der Waals surface area contributed by atoms with Gasteiger partial charge in [-0.05, 0) is 30.2 Å². The lowest BCUT2D eigenvalue weighted by Gasteiger charge is -2.26. The fourth-order valence-electron chi connectivity index (χ4n) is 3.10. The minimum Gasteiger partial charge on any atom is -0.493 e. The number of para-hydroxylation sites is 1. The smallest absolute Gasteiger partial charge is 0.126 e. The summed E-state index contributed by atoms with van der Waals surface area (Å²) in [5.74, 6) is 1.15. The van der Waals surface area contributed by atoms with E-state index in [4.69, 9.17) is 16.3 Å². The fraction of sp³-hybridized carbons (Fsp3) is 0.571. The molecular weight excluding hydrogens is 220 g/mol. The molecule has 0 N–H and O–H groups in total. The Hall–Kier alpha value is -0.690. The molecule has 1 heterocycles. The number of hydrogen-bond donors (Lipinski definition) is 0. The molecule has 1 aliphatic carbocycles. The van der Waals surface area contributed by atoms with Gasteiger partial charge < -0.3 is 4.74 Å². The largest absolute Gasteiger partial charge is 0.493 e. The van der Waals surface area contributed by atoms with Crippen molar-refractivity contribution < 1.29 is 4.74 Å². The Morgan fingerprint density at radius 1 is 1.44 bits per heavy atom. The van der Waals surface area contributed by atoms with Gasteiger partial charge in [-0.3, -0.25) is 0 Å². The zero-order valence-electron chi connectivity index (χ0n) is 9.63. The summed E-state index contributed by atoms with van der Waals surface area (Å²) in [5, 5.41) is 0.335. The van der Waals surface area contributed by atoms with Crippen molar-refractivity contribution in [1.82, 2.24) is 0 Å². The van der Waals surface area contributed by atoms with E-state index in [2.05, 4.69) is 25.1 Å². The van der Waals surface area contributed by atoms with Crippen LogP contribution in [0.15, 0.2) is 18.2 Å². The molecule has 0 spiro atoms. The molecule has 1 saturated carbocycles. The van der Waals surface area contributed by atoms with Crippen molar-refractivity contribution in [2.24, 2.45) is 0 Å². The lowest BCUT2D eigenvalue weighted by molar-refractivity contribution is 0.342. The quantitative estimate of drug-likeness (QED) is 0.676. The summed E-state index contributed by atoms with van der Waals surface area (Å²) >= 11 is 6.26. The molecule has 2 unspecified atom stereocenters. The third-order valence-corrected chi connectivity index (χ3v) is 4.42. The van der Waals surface area contributed by atoms with Crippen molar-refractivity contribution in [3.05, 3.63) is 29.3 Å². The Morgan fingerprint density at radius 3 is 3.06 bits per heavy atom. The third-order valence-electron chi connectivity index (χ3n) is 4.05. The van der Waals surface area contributed by atoms with Gasteiger partial charge in [0.25, 0.3) is 0 Å². The van der Waals surface area contributed by atoms with Crippen LogP contribution in [0.1, 0.15) is 37.3 Å². The lowest BCUT2D eigenvalue weighted by atomic mass is 9.80. The number of halogens is 1. The maximum absolute atomic E-state index is 6.26. The molecule has 1 nitrogen and oxygen atoms in total. The van der Waals surface area contributed by atoms with Gasteiger partial charge in [-0.2, -0.15) is 0 Å². The summed E-state index contributed by atoms with van der Waals surface area (Å²) in [6.45, 7) is 3.17. The van der Waals surface area contributed by atoms with Crippen LogP contribution in [0.4, 0.5) is 0 Å². The third kappa shape index (κ3) is 1.53. The van der Waals surface area contributed by atoms with Crippen LogP contribution in [0.3, 0.4) is 0 Å². The molecule has 1 aromatic carbocycles. The standard InChI is InChI=1S/C14H17ClO/c1-14(7-5-11(15)9-14)12-4-2-3-10-6-8-16-13(10)12/h2-4,11H,5-9H2,1H3. The van der Waals surface area contributed by atoms with Gasteiger partial charge in [0.2, 0.25) is 0 Å². The fourth-order valence-corrected chi connectivity index (χ4v) is 3.55. The second-order valence-corrected chi connectivity index (χ2v) is 5.91. The topological polar surface area (TPSA) is 9.23 Å². The van der Waals surface area contributed by atoms with Crippen LogP contribution in [-0.2, 0) is 11.8 Å². The number of rotatable bonds is 1. The van der Waals surface area contributed by atoms with E-state index in [1.165, 1.54) is 17.5 Å². The molecule has 1 aliphatic heterocycles. The highest BCUT2D eigenvalue weighted by Crippen LogP contribution is 2.47. The van der Waals surface area contributed by atoms with Gasteiger partial charge in [0.1, 0.15) is 5.75 Å². The number of hydrogen-bond acceptors (Lipinski definition) is 1. The van der Waals surface area contributed by atoms with E-state index in [-0.39, 0.29) is 5.41 Å². The predicted octanol–water partition coefficient (Wildman–Crippen LogP) is 3.67. The van der Waals surface area contributed by atoms with E-state index >= 15 is 0 Å². The van der Waals surface area contributed by atoms with Crippen molar-refractivity contribution in [2.75, 3.05) is 6.61 Å². The Balaban J connectivity index is 2.04. The Bertz CT molecular complexity index is 415. The first kappa shape index (κ1) is 10.5. The summed E-state index contributed by atoms with van der Waals surface area (Å²) in [4.78, 5) is 0. The van der Waals surface area contributed by atoms with E-state index in [0.29, 0.717) is 5.38 Å². The molecule has 0 aromatic heterocycles. The molecule has 16 heavy (non-hydrogen) atoms. The zero-order chi connectivity index (χ0) is 11.2. The van der Waals surface area contributed by atoms with Crippen LogP contribution in [0.25, 0.3) is 0 Å². The SMILES string of the molecule is CC1(c2cccc3c2OCC3)CCC(Cl)C1. The van der Waals surface area contributed by atoms with E-state index in [1.807, 2.05) is 0 Å². The molecule has 1 fully saturated rings. The predicted molar refractivity (Wildman–Crippen MR) is 66.5 cm³/mol. The number of ether oxygens (including phenoxy) is 1. The molecule has 3 rings (SSSR count). The molecular formula is C14H17ClO. The first-order valence-corrected chi connectivity index (χ1v) is 6.52. The van der Waals surface area contributed by atoms with Crippen LogP contribution in [0.5, 0.6) is 5.75 Å². The van der Waals surface area contributed by atoms with Crippen molar-refractivity contribution in [1.29, 1.82) is 0 Å². The normalized spacial score (nSPS) is 32.5. The van der Waals surface area contributed by atoms with Gasteiger partial charge >= 0.3 is 0 Å². The molecule has 2 atom stereocenters. The molecule has 2 heteroatoms. The highest BCUT2D eigenvalue weighted by atomic mass is 35.5. The average Bonchev–Trinajstić information content (AvgIpc) is 2.85. The van der Waals surface area contributed by atoms with Gasteiger partial charge in [0.05, 0.1) is 6.61 Å². The summed E-state index contributed by atoms with van der Waals surface area (Å²) in [5.41, 5.74) is 2.98. The van der Waals surface area contributed by atoms with E-state index in [0.717, 1.165) is 31.6 Å². The molecule has 86 valence electrons. The number of alkyl halides is 1. The van der Waals surface area contributed by atoms with Gasteiger partial charge in [-0.25, -0.2) is 0 Å². The average molecular weight is 237 g/mol. The van der Waals surface area contributed by atoms with Gasteiger partial charge in [-0.1, -0.05) is 25.1 Å². The van der Waals surface area contributed by atoms with Crippen molar-refractivity contribution in [3.63, 3.8) is 0 Å². The zero-order valence-corrected chi connectivity index (χ0v) is 10.4. The van der Waals surface area contributed by atoms with Crippen LogP contribution >= 0.6 is 11.6 Å².